The van der Waals surface area contributed by atoms with Crippen LogP contribution in [0.4, 0.5) is 0 Å². The van der Waals surface area contributed by atoms with Crippen LogP contribution in [0.5, 0.6) is 0 Å². The number of aryl methyl sites for hydroxylation is 4. The highest BCUT2D eigenvalue weighted by atomic mass is 16.1. The molecule has 2 heterocycles. The van der Waals surface area contributed by atoms with Gasteiger partial charge in [-0.15, -0.1) is 0 Å². The number of nitrogens with zero attached hydrogens (tertiary/aromatic N) is 3. The zero-order valence-corrected chi connectivity index (χ0v) is 17.1. The monoisotopic (exact) mass is 386 g/mol. The van der Waals surface area contributed by atoms with Gasteiger partial charge in [0, 0.05) is 26.8 Å². The summed E-state index contributed by atoms with van der Waals surface area (Å²) < 4.78 is 3.89. The zero-order valence-electron chi connectivity index (χ0n) is 17.1. The summed E-state index contributed by atoms with van der Waals surface area (Å²) in [6, 6.07) is 16.9. The van der Waals surface area contributed by atoms with Gasteiger partial charge < -0.3 is 14.5 Å². The number of carbonyl (C=O) groups is 1. The third-order valence-corrected chi connectivity index (χ3v) is 5.31. The highest BCUT2D eigenvalue weighted by molar-refractivity contribution is 5.92. The lowest BCUT2D eigenvalue weighted by atomic mass is 10.0. The molecule has 0 aliphatic rings. The summed E-state index contributed by atoms with van der Waals surface area (Å²) in [5.74, 6) is -0.0131. The summed E-state index contributed by atoms with van der Waals surface area (Å²) in [4.78, 5) is 16.7. The Morgan fingerprint density at radius 2 is 1.76 bits per heavy atom. The number of benzene rings is 2. The molecule has 0 radical (unpaired) electrons. The van der Waals surface area contributed by atoms with E-state index < -0.39 is 0 Å². The molecule has 1 N–H and O–H groups in total. The number of fused-ring (bicyclic) bond motifs is 1. The highest BCUT2D eigenvalue weighted by Gasteiger charge is 2.09. The molecule has 4 aromatic rings. The van der Waals surface area contributed by atoms with Crippen LogP contribution < -0.4 is 5.32 Å². The maximum atomic E-state index is 12.2. The van der Waals surface area contributed by atoms with E-state index in [0.717, 1.165) is 29.4 Å². The maximum Gasteiger partial charge on any atom is 0.267 e. The van der Waals surface area contributed by atoms with Crippen LogP contribution in [0.25, 0.3) is 22.2 Å². The number of aromatic nitrogens is 3. The van der Waals surface area contributed by atoms with Gasteiger partial charge >= 0.3 is 0 Å². The Morgan fingerprint density at radius 1 is 1.00 bits per heavy atom. The van der Waals surface area contributed by atoms with Crippen LogP contribution in [-0.4, -0.2) is 26.6 Å². The average molecular weight is 386 g/mol. The SMILES string of the molecule is Cc1cc(C(=O)NCCCc2ccc(-c3ccc4c(c3)ncn4C)cc2)n(C)c1. The Balaban J connectivity index is 1.32. The van der Waals surface area contributed by atoms with Crippen LogP contribution in [0.1, 0.15) is 28.0 Å². The van der Waals surface area contributed by atoms with Crippen molar-refractivity contribution in [2.45, 2.75) is 19.8 Å². The molecular formula is C24H26N4O. The molecule has 5 nitrogen and oxygen atoms in total. The summed E-state index contributed by atoms with van der Waals surface area (Å²) in [5.41, 5.74) is 7.59. The second kappa shape index (κ2) is 7.95. The van der Waals surface area contributed by atoms with E-state index >= 15 is 0 Å². The Morgan fingerprint density at radius 3 is 2.48 bits per heavy atom. The number of carbonyl (C=O) groups excluding carboxylic acids is 1. The van der Waals surface area contributed by atoms with Crippen LogP contribution in [-0.2, 0) is 20.5 Å². The van der Waals surface area contributed by atoms with Crippen molar-refractivity contribution >= 4 is 16.9 Å². The zero-order chi connectivity index (χ0) is 20.4. The van der Waals surface area contributed by atoms with Crippen molar-refractivity contribution in [3.05, 3.63) is 77.9 Å². The second-order valence-electron chi connectivity index (χ2n) is 7.63. The lowest BCUT2D eigenvalue weighted by Gasteiger charge is -2.07. The van der Waals surface area contributed by atoms with Crippen LogP contribution in [0.15, 0.2) is 61.1 Å². The van der Waals surface area contributed by atoms with Gasteiger partial charge in [0.15, 0.2) is 0 Å². The molecule has 0 saturated heterocycles. The minimum Gasteiger partial charge on any atom is -0.351 e. The van der Waals surface area contributed by atoms with E-state index in [2.05, 4.69) is 52.8 Å². The van der Waals surface area contributed by atoms with Gasteiger partial charge in [-0.05, 0) is 60.2 Å². The van der Waals surface area contributed by atoms with Crippen LogP contribution >= 0.6 is 0 Å². The quantitative estimate of drug-likeness (QED) is 0.504. The Bertz CT molecular complexity index is 1150. The Hall–Kier alpha value is -3.34. The molecule has 0 bridgehead atoms. The summed E-state index contributed by atoms with van der Waals surface area (Å²) >= 11 is 0. The van der Waals surface area contributed by atoms with Crippen molar-refractivity contribution in [3.63, 3.8) is 0 Å². The van der Waals surface area contributed by atoms with E-state index in [4.69, 9.17) is 0 Å². The summed E-state index contributed by atoms with van der Waals surface area (Å²) in [6.45, 7) is 2.66. The molecule has 2 aromatic carbocycles. The summed E-state index contributed by atoms with van der Waals surface area (Å²) in [6.07, 6.45) is 5.65. The number of hydrogen-bond donors (Lipinski definition) is 1. The van der Waals surface area contributed by atoms with Gasteiger partial charge in [-0.2, -0.15) is 0 Å². The van der Waals surface area contributed by atoms with E-state index in [1.165, 1.54) is 16.7 Å². The third kappa shape index (κ3) is 4.09. The van der Waals surface area contributed by atoms with Gasteiger partial charge in [0.1, 0.15) is 5.69 Å². The normalized spacial score (nSPS) is 11.1. The standard InChI is InChI=1S/C24H26N4O/c1-17-13-23(27(2)15-17)24(29)25-12-4-5-18-6-8-19(9-7-18)20-10-11-22-21(14-20)26-16-28(22)3/h6-11,13-16H,4-5,12H2,1-3H3,(H,25,29). The maximum absolute atomic E-state index is 12.2. The molecule has 0 unspecified atom stereocenters. The summed E-state index contributed by atoms with van der Waals surface area (Å²) in [7, 11) is 3.90. The number of amides is 1. The van der Waals surface area contributed by atoms with Gasteiger partial charge in [-0.25, -0.2) is 4.98 Å². The number of imidazole rings is 1. The van der Waals surface area contributed by atoms with E-state index in [1.54, 1.807) is 0 Å². The minimum atomic E-state index is -0.0131. The first kappa shape index (κ1) is 19.0. The van der Waals surface area contributed by atoms with Gasteiger partial charge in [0.2, 0.25) is 0 Å². The molecule has 5 heteroatoms. The van der Waals surface area contributed by atoms with E-state index in [0.29, 0.717) is 12.2 Å². The molecule has 0 aliphatic carbocycles. The largest absolute Gasteiger partial charge is 0.351 e. The molecular weight excluding hydrogens is 360 g/mol. The highest BCUT2D eigenvalue weighted by Crippen LogP contribution is 2.24. The van der Waals surface area contributed by atoms with Crippen molar-refractivity contribution in [1.29, 1.82) is 0 Å². The fraction of sp³-hybridized carbons (Fsp3) is 0.250. The fourth-order valence-electron chi connectivity index (χ4n) is 3.72. The van der Waals surface area contributed by atoms with Crippen molar-refractivity contribution in [3.8, 4) is 11.1 Å². The van der Waals surface area contributed by atoms with Gasteiger partial charge in [-0.3, -0.25) is 4.79 Å². The molecule has 1 amide bonds. The van der Waals surface area contributed by atoms with E-state index in [9.17, 15) is 4.79 Å². The van der Waals surface area contributed by atoms with Crippen molar-refractivity contribution in [1.82, 2.24) is 19.4 Å². The minimum absolute atomic E-state index is 0.0131. The van der Waals surface area contributed by atoms with E-state index in [-0.39, 0.29) is 5.91 Å². The predicted octanol–water partition coefficient (Wildman–Crippen LogP) is 4.25. The topological polar surface area (TPSA) is 51.9 Å². The lowest BCUT2D eigenvalue weighted by molar-refractivity contribution is 0.0945. The van der Waals surface area contributed by atoms with Crippen LogP contribution in [0, 0.1) is 6.92 Å². The van der Waals surface area contributed by atoms with E-state index in [1.807, 2.05) is 48.7 Å². The van der Waals surface area contributed by atoms with Gasteiger partial charge in [-0.1, -0.05) is 30.3 Å². The predicted molar refractivity (Wildman–Crippen MR) is 117 cm³/mol. The second-order valence-corrected chi connectivity index (χ2v) is 7.63. The molecule has 148 valence electrons. The summed E-state index contributed by atoms with van der Waals surface area (Å²) in [5, 5.41) is 3.01. The van der Waals surface area contributed by atoms with Crippen LogP contribution in [0.2, 0.25) is 0 Å². The molecule has 2 aromatic heterocycles. The van der Waals surface area contributed by atoms with Gasteiger partial charge in [0.25, 0.3) is 5.91 Å². The smallest absolute Gasteiger partial charge is 0.267 e. The molecule has 0 spiro atoms. The fourth-order valence-corrected chi connectivity index (χ4v) is 3.72. The molecule has 4 rings (SSSR count). The molecule has 0 atom stereocenters. The van der Waals surface area contributed by atoms with Crippen LogP contribution in [0.3, 0.4) is 0 Å². The first-order valence-electron chi connectivity index (χ1n) is 9.93. The number of nitrogens with one attached hydrogen (secondary N) is 1. The van der Waals surface area contributed by atoms with Crippen molar-refractivity contribution in [2.24, 2.45) is 14.1 Å². The number of rotatable bonds is 6. The Labute approximate surface area is 171 Å². The number of hydrogen-bond acceptors (Lipinski definition) is 2. The Kier molecular flexibility index (Phi) is 5.21. The van der Waals surface area contributed by atoms with Crippen molar-refractivity contribution in [2.75, 3.05) is 6.54 Å². The van der Waals surface area contributed by atoms with Gasteiger partial charge in [0.05, 0.1) is 17.4 Å². The first-order valence-corrected chi connectivity index (χ1v) is 9.93. The lowest BCUT2D eigenvalue weighted by Crippen LogP contribution is -2.26. The molecule has 29 heavy (non-hydrogen) atoms. The molecule has 0 saturated carbocycles. The third-order valence-electron chi connectivity index (χ3n) is 5.31. The molecule has 0 fully saturated rings. The first-order chi connectivity index (χ1) is 14.0. The average Bonchev–Trinajstić information content (AvgIpc) is 3.26. The van der Waals surface area contributed by atoms with Crippen molar-refractivity contribution < 1.29 is 4.79 Å². The molecule has 0 aliphatic heterocycles.